The molecule has 0 heterocycles. The monoisotopic (exact) mass is 253 g/mol. The second kappa shape index (κ2) is 6.27. The van der Waals surface area contributed by atoms with Gasteiger partial charge in [-0.05, 0) is 68.8 Å². The van der Waals surface area contributed by atoms with Crippen molar-refractivity contribution in [2.24, 2.45) is 5.73 Å². The van der Waals surface area contributed by atoms with Gasteiger partial charge in [0.05, 0.1) is 6.10 Å². The first kappa shape index (κ1) is 12.7. The van der Waals surface area contributed by atoms with Crippen molar-refractivity contribution < 1.29 is 4.74 Å². The van der Waals surface area contributed by atoms with Gasteiger partial charge in [0, 0.05) is 5.02 Å². The van der Waals surface area contributed by atoms with E-state index in [4.69, 9.17) is 22.1 Å². The highest BCUT2D eigenvalue weighted by molar-refractivity contribution is 6.30. The van der Waals surface area contributed by atoms with Crippen LogP contribution in [0.4, 0.5) is 0 Å². The van der Waals surface area contributed by atoms with Crippen LogP contribution in [-0.2, 0) is 6.42 Å². The zero-order valence-corrected chi connectivity index (χ0v) is 10.9. The second-order valence-corrected chi connectivity index (χ2v) is 5.11. The van der Waals surface area contributed by atoms with Crippen molar-refractivity contribution in [3.05, 3.63) is 28.8 Å². The maximum atomic E-state index is 6.03. The van der Waals surface area contributed by atoms with Crippen LogP contribution in [0, 0.1) is 0 Å². The van der Waals surface area contributed by atoms with Crippen LogP contribution in [-0.4, -0.2) is 12.6 Å². The summed E-state index contributed by atoms with van der Waals surface area (Å²) in [5, 5.41) is 0.786. The van der Waals surface area contributed by atoms with Gasteiger partial charge >= 0.3 is 0 Å². The molecule has 3 heteroatoms. The van der Waals surface area contributed by atoms with Gasteiger partial charge in [0.25, 0.3) is 0 Å². The van der Waals surface area contributed by atoms with Crippen molar-refractivity contribution in [1.29, 1.82) is 0 Å². The summed E-state index contributed by atoms with van der Waals surface area (Å²) < 4.78 is 5.98. The minimum Gasteiger partial charge on any atom is -0.490 e. The summed E-state index contributed by atoms with van der Waals surface area (Å²) in [4.78, 5) is 0. The third-order valence-electron chi connectivity index (χ3n) is 3.27. The molecule has 0 atom stereocenters. The highest BCUT2D eigenvalue weighted by atomic mass is 35.5. The molecular weight excluding hydrogens is 234 g/mol. The molecule has 1 fully saturated rings. The largest absolute Gasteiger partial charge is 0.490 e. The summed E-state index contributed by atoms with van der Waals surface area (Å²) in [6, 6.07) is 5.92. The minimum atomic E-state index is 0.421. The molecule has 0 aromatic heterocycles. The van der Waals surface area contributed by atoms with E-state index in [0.717, 1.165) is 36.6 Å². The highest BCUT2D eigenvalue weighted by Gasteiger charge is 2.20. The normalized spacial score (nSPS) is 15.6. The molecule has 0 unspecified atom stereocenters. The molecule has 2 N–H and O–H groups in total. The summed E-state index contributed by atoms with van der Waals surface area (Å²) in [6.07, 6.45) is 7.23. The van der Waals surface area contributed by atoms with Crippen molar-refractivity contribution >= 4 is 11.6 Å². The zero-order chi connectivity index (χ0) is 12.1. The molecule has 94 valence electrons. The lowest BCUT2D eigenvalue weighted by Gasteiger charge is -2.27. The Kier molecular flexibility index (Phi) is 4.69. The van der Waals surface area contributed by atoms with Crippen molar-refractivity contribution in [2.75, 3.05) is 6.54 Å². The summed E-state index contributed by atoms with van der Waals surface area (Å²) in [5.74, 6) is 1.01. The van der Waals surface area contributed by atoms with Gasteiger partial charge in [0.2, 0.25) is 0 Å². The molecule has 1 aliphatic carbocycles. The van der Waals surface area contributed by atoms with E-state index < -0.39 is 0 Å². The van der Waals surface area contributed by atoms with Crippen LogP contribution < -0.4 is 10.5 Å². The highest BCUT2D eigenvalue weighted by Crippen LogP contribution is 2.30. The van der Waals surface area contributed by atoms with Gasteiger partial charge in [-0.3, -0.25) is 0 Å². The number of benzene rings is 1. The maximum absolute atomic E-state index is 6.03. The average Bonchev–Trinajstić information content (AvgIpc) is 2.26. The molecular formula is C14H20ClNO. The Hall–Kier alpha value is -0.730. The summed E-state index contributed by atoms with van der Waals surface area (Å²) >= 11 is 6.03. The van der Waals surface area contributed by atoms with Crippen LogP contribution in [0.5, 0.6) is 5.75 Å². The van der Waals surface area contributed by atoms with Gasteiger partial charge < -0.3 is 10.5 Å². The van der Waals surface area contributed by atoms with Crippen molar-refractivity contribution in [3.63, 3.8) is 0 Å². The first-order valence-corrected chi connectivity index (χ1v) is 6.82. The van der Waals surface area contributed by atoms with E-state index in [1.165, 1.54) is 24.8 Å². The van der Waals surface area contributed by atoms with E-state index in [-0.39, 0.29) is 0 Å². The average molecular weight is 254 g/mol. The predicted octanol–water partition coefficient (Wildman–Crippen LogP) is 3.55. The second-order valence-electron chi connectivity index (χ2n) is 4.67. The number of nitrogens with two attached hydrogens (primary N) is 1. The van der Waals surface area contributed by atoms with Crippen LogP contribution in [0.25, 0.3) is 0 Å². The number of unbranched alkanes of at least 4 members (excludes halogenated alkanes) is 1. The Bertz CT molecular complexity index is 363. The van der Waals surface area contributed by atoms with E-state index >= 15 is 0 Å². The fraction of sp³-hybridized carbons (Fsp3) is 0.571. The fourth-order valence-electron chi connectivity index (χ4n) is 1.99. The number of hydrogen-bond acceptors (Lipinski definition) is 2. The smallest absolute Gasteiger partial charge is 0.123 e. The van der Waals surface area contributed by atoms with Crippen LogP contribution in [0.1, 0.15) is 37.7 Å². The molecule has 0 aliphatic heterocycles. The van der Waals surface area contributed by atoms with Crippen LogP contribution in [0.3, 0.4) is 0 Å². The first-order chi connectivity index (χ1) is 8.29. The van der Waals surface area contributed by atoms with Gasteiger partial charge in [-0.15, -0.1) is 0 Å². The molecule has 0 amide bonds. The van der Waals surface area contributed by atoms with E-state index in [9.17, 15) is 0 Å². The molecule has 2 rings (SSSR count). The van der Waals surface area contributed by atoms with Gasteiger partial charge in [0.15, 0.2) is 0 Å². The Labute approximate surface area is 108 Å². The third kappa shape index (κ3) is 3.62. The molecule has 1 saturated carbocycles. The Morgan fingerprint density at radius 1 is 1.29 bits per heavy atom. The standard InChI is InChI=1S/C14H20ClNO/c15-12-7-8-14(17-13-5-3-6-13)11(10-12)4-1-2-9-16/h7-8,10,13H,1-6,9,16H2. The van der Waals surface area contributed by atoms with E-state index in [1.54, 1.807) is 0 Å². The predicted molar refractivity (Wildman–Crippen MR) is 71.7 cm³/mol. The van der Waals surface area contributed by atoms with Crippen LogP contribution in [0.2, 0.25) is 5.02 Å². The van der Waals surface area contributed by atoms with E-state index in [1.807, 2.05) is 18.2 Å². The summed E-state index contributed by atoms with van der Waals surface area (Å²) in [7, 11) is 0. The van der Waals surface area contributed by atoms with Crippen molar-refractivity contribution in [1.82, 2.24) is 0 Å². The quantitative estimate of drug-likeness (QED) is 0.787. The maximum Gasteiger partial charge on any atom is 0.123 e. The molecule has 1 aromatic carbocycles. The first-order valence-electron chi connectivity index (χ1n) is 6.45. The van der Waals surface area contributed by atoms with E-state index in [2.05, 4.69) is 0 Å². The molecule has 0 saturated heterocycles. The van der Waals surface area contributed by atoms with Crippen molar-refractivity contribution in [3.8, 4) is 5.75 Å². The number of ether oxygens (including phenoxy) is 1. The Balaban J connectivity index is 2.00. The van der Waals surface area contributed by atoms with Crippen molar-refractivity contribution in [2.45, 2.75) is 44.6 Å². The Morgan fingerprint density at radius 3 is 2.76 bits per heavy atom. The topological polar surface area (TPSA) is 35.2 Å². The molecule has 17 heavy (non-hydrogen) atoms. The lowest BCUT2D eigenvalue weighted by atomic mass is 9.96. The molecule has 0 radical (unpaired) electrons. The van der Waals surface area contributed by atoms with Crippen LogP contribution in [0.15, 0.2) is 18.2 Å². The van der Waals surface area contributed by atoms with Gasteiger partial charge in [-0.1, -0.05) is 11.6 Å². The third-order valence-corrected chi connectivity index (χ3v) is 3.50. The molecule has 0 spiro atoms. The number of aryl methyl sites for hydroxylation is 1. The molecule has 1 aliphatic rings. The van der Waals surface area contributed by atoms with Gasteiger partial charge in [0.1, 0.15) is 5.75 Å². The summed E-state index contributed by atoms with van der Waals surface area (Å²) in [5.41, 5.74) is 6.73. The minimum absolute atomic E-state index is 0.421. The van der Waals surface area contributed by atoms with Gasteiger partial charge in [-0.25, -0.2) is 0 Å². The molecule has 0 bridgehead atoms. The number of halogens is 1. The fourth-order valence-corrected chi connectivity index (χ4v) is 2.18. The van der Waals surface area contributed by atoms with E-state index in [0.29, 0.717) is 6.10 Å². The SMILES string of the molecule is NCCCCc1cc(Cl)ccc1OC1CCC1. The summed E-state index contributed by atoms with van der Waals surface area (Å²) in [6.45, 7) is 0.749. The number of rotatable bonds is 6. The lowest BCUT2D eigenvalue weighted by molar-refractivity contribution is 0.119. The molecule has 1 aromatic rings. The Morgan fingerprint density at radius 2 is 2.12 bits per heavy atom. The molecule has 2 nitrogen and oxygen atoms in total. The van der Waals surface area contributed by atoms with Crippen LogP contribution >= 0.6 is 11.6 Å². The zero-order valence-electron chi connectivity index (χ0n) is 10.1. The lowest BCUT2D eigenvalue weighted by Crippen LogP contribution is -2.25. The number of hydrogen-bond donors (Lipinski definition) is 1. The van der Waals surface area contributed by atoms with Gasteiger partial charge in [-0.2, -0.15) is 0 Å².